The molecule has 0 fully saturated rings. The molecule has 2 aromatic carbocycles. The second kappa shape index (κ2) is 6.34. The Morgan fingerprint density at radius 1 is 1.24 bits per heavy atom. The first-order valence-electron chi connectivity index (χ1n) is 6.12. The van der Waals surface area contributed by atoms with Crippen LogP contribution < -0.4 is 15.2 Å². The lowest BCUT2D eigenvalue weighted by atomic mass is 10.2. The highest BCUT2D eigenvalue weighted by Gasteiger charge is 2.13. The number of halogens is 1. The van der Waals surface area contributed by atoms with E-state index in [0.717, 1.165) is 5.56 Å². The van der Waals surface area contributed by atoms with Gasteiger partial charge in [-0.2, -0.15) is 0 Å². The molecule has 5 nitrogen and oxygen atoms in total. The zero-order valence-electron chi connectivity index (χ0n) is 11.3. The molecule has 0 saturated heterocycles. The van der Waals surface area contributed by atoms with Gasteiger partial charge in [0.2, 0.25) is 10.0 Å². The maximum atomic E-state index is 11.7. The Kier molecular flexibility index (Phi) is 4.72. The number of nitrogens with two attached hydrogens (primary N) is 1. The molecule has 0 saturated carbocycles. The molecule has 2 aromatic rings. The molecule has 0 aromatic heterocycles. The molecule has 0 aliphatic carbocycles. The van der Waals surface area contributed by atoms with Gasteiger partial charge in [0.15, 0.2) is 0 Å². The molecule has 0 heterocycles. The number of sulfonamides is 1. The van der Waals surface area contributed by atoms with Crippen LogP contribution in [0.2, 0.25) is 5.02 Å². The van der Waals surface area contributed by atoms with Gasteiger partial charge in [0.25, 0.3) is 0 Å². The second-order valence-electron chi connectivity index (χ2n) is 4.33. The monoisotopic (exact) mass is 326 g/mol. The Morgan fingerprint density at radius 2 is 2.00 bits per heavy atom. The molecular formula is C14H15ClN2O3S. The van der Waals surface area contributed by atoms with E-state index in [9.17, 15) is 8.42 Å². The summed E-state index contributed by atoms with van der Waals surface area (Å²) in [6.07, 6.45) is 0. The molecule has 0 aliphatic rings. The second-order valence-corrected chi connectivity index (χ2v) is 6.65. The summed E-state index contributed by atoms with van der Waals surface area (Å²) < 4.78 is 31.1. The number of hydrogen-bond donors (Lipinski definition) is 2. The van der Waals surface area contributed by atoms with Gasteiger partial charge in [-0.3, -0.25) is 0 Å². The molecule has 3 N–H and O–H groups in total. The van der Waals surface area contributed by atoms with Gasteiger partial charge < -0.3 is 10.5 Å². The van der Waals surface area contributed by atoms with Gasteiger partial charge in [0.1, 0.15) is 12.4 Å². The zero-order chi connectivity index (χ0) is 15.5. The molecule has 0 unspecified atom stereocenters. The average Bonchev–Trinajstić information content (AvgIpc) is 2.46. The molecule has 2 rings (SSSR count). The summed E-state index contributed by atoms with van der Waals surface area (Å²) in [5, 5.41) is 0.625. The highest BCUT2D eigenvalue weighted by atomic mass is 35.5. The van der Waals surface area contributed by atoms with Crippen LogP contribution in [0.1, 0.15) is 5.56 Å². The van der Waals surface area contributed by atoms with Crippen LogP contribution in [0, 0.1) is 0 Å². The van der Waals surface area contributed by atoms with Crippen molar-refractivity contribution in [2.45, 2.75) is 11.5 Å². The molecular weight excluding hydrogens is 312 g/mol. The van der Waals surface area contributed by atoms with Gasteiger partial charge in [-0.1, -0.05) is 23.7 Å². The highest BCUT2D eigenvalue weighted by Crippen LogP contribution is 2.25. The first-order valence-corrected chi connectivity index (χ1v) is 7.99. The number of hydrogen-bond acceptors (Lipinski definition) is 4. The van der Waals surface area contributed by atoms with E-state index in [1.54, 1.807) is 12.1 Å². The fraction of sp³-hybridized carbons (Fsp3) is 0.143. The minimum Gasteiger partial charge on any atom is -0.487 e. The summed E-state index contributed by atoms with van der Waals surface area (Å²) in [6.45, 7) is 0.295. The van der Waals surface area contributed by atoms with Crippen LogP contribution in [0.3, 0.4) is 0 Å². The topological polar surface area (TPSA) is 81.4 Å². The first-order chi connectivity index (χ1) is 9.92. The van der Waals surface area contributed by atoms with Crippen molar-refractivity contribution in [1.29, 1.82) is 0 Å². The highest BCUT2D eigenvalue weighted by molar-refractivity contribution is 7.89. The first kappa shape index (κ1) is 15.6. The van der Waals surface area contributed by atoms with Gasteiger partial charge >= 0.3 is 0 Å². The quantitative estimate of drug-likeness (QED) is 0.827. The number of benzene rings is 2. The lowest BCUT2D eigenvalue weighted by Gasteiger charge is -2.11. The molecule has 0 radical (unpaired) electrons. The molecule has 21 heavy (non-hydrogen) atoms. The standard InChI is InChI=1S/C14H15ClN2O3S/c1-17-21(18,19)12-5-6-14(13(16)8-12)20-9-10-3-2-4-11(15)7-10/h2-8,17H,9,16H2,1H3. The number of anilines is 1. The molecule has 0 spiro atoms. The van der Waals surface area contributed by atoms with E-state index in [0.29, 0.717) is 17.4 Å². The molecule has 112 valence electrons. The van der Waals surface area contributed by atoms with Crippen LogP contribution in [-0.2, 0) is 16.6 Å². The molecule has 0 aliphatic heterocycles. The third-order valence-corrected chi connectivity index (χ3v) is 4.49. The van der Waals surface area contributed by atoms with Gasteiger partial charge in [-0.15, -0.1) is 0 Å². The SMILES string of the molecule is CNS(=O)(=O)c1ccc(OCc2cccc(Cl)c2)c(N)c1. The van der Waals surface area contributed by atoms with Crippen LogP contribution in [-0.4, -0.2) is 15.5 Å². The molecule has 7 heteroatoms. The van der Waals surface area contributed by atoms with Crippen LogP contribution in [0.15, 0.2) is 47.4 Å². The number of nitrogens with one attached hydrogen (secondary N) is 1. The summed E-state index contributed by atoms with van der Waals surface area (Å²) in [5.74, 6) is 0.421. The van der Waals surface area contributed by atoms with Crippen molar-refractivity contribution in [3.05, 3.63) is 53.1 Å². The van der Waals surface area contributed by atoms with Crippen LogP contribution in [0.5, 0.6) is 5.75 Å². The molecule has 0 amide bonds. The van der Waals surface area contributed by atoms with E-state index in [2.05, 4.69) is 4.72 Å². The van der Waals surface area contributed by atoms with Crippen molar-refractivity contribution in [2.75, 3.05) is 12.8 Å². The number of rotatable bonds is 5. The van der Waals surface area contributed by atoms with Crippen LogP contribution in [0.4, 0.5) is 5.69 Å². The molecule has 0 atom stereocenters. The Hall–Kier alpha value is -1.76. The third kappa shape index (κ3) is 3.87. The number of nitrogen functional groups attached to an aromatic ring is 1. The predicted octanol–water partition coefficient (Wildman–Crippen LogP) is 2.41. The van der Waals surface area contributed by atoms with Crippen molar-refractivity contribution in [3.63, 3.8) is 0 Å². The van der Waals surface area contributed by atoms with Gasteiger partial charge in [0, 0.05) is 5.02 Å². The van der Waals surface area contributed by atoms with Crippen molar-refractivity contribution < 1.29 is 13.2 Å². The Balaban J connectivity index is 2.15. The Bertz CT molecular complexity index is 748. The molecule has 0 bridgehead atoms. The normalized spacial score (nSPS) is 11.3. The largest absolute Gasteiger partial charge is 0.487 e. The zero-order valence-corrected chi connectivity index (χ0v) is 12.9. The van der Waals surface area contributed by atoms with Crippen molar-refractivity contribution >= 4 is 27.3 Å². The summed E-state index contributed by atoms with van der Waals surface area (Å²) >= 11 is 5.89. The fourth-order valence-electron chi connectivity index (χ4n) is 1.73. The van der Waals surface area contributed by atoms with Crippen molar-refractivity contribution in [2.24, 2.45) is 0 Å². The average molecular weight is 327 g/mol. The lowest BCUT2D eigenvalue weighted by molar-refractivity contribution is 0.308. The minimum absolute atomic E-state index is 0.0950. The van der Waals surface area contributed by atoms with Crippen molar-refractivity contribution in [3.8, 4) is 5.75 Å². The van der Waals surface area contributed by atoms with E-state index in [-0.39, 0.29) is 10.6 Å². The van der Waals surface area contributed by atoms with E-state index >= 15 is 0 Å². The van der Waals surface area contributed by atoms with E-state index in [4.69, 9.17) is 22.1 Å². The lowest BCUT2D eigenvalue weighted by Crippen LogP contribution is -2.18. The summed E-state index contributed by atoms with van der Waals surface area (Å²) in [5.41, 5.74) is 6.98. The summed E-state index contributed by atoms with van der Waals surface area (Å²) in [6, 6.07) is 11.6. The van der Waals surface area contributed by atoms with E-state index in [1.165, 1.54) is 25.2 Å². The van der Waals surface area contributed by atoms with E-state index in [1.807, 2.05) is 12.1 Å². The fourth-order valence-corrected chi connectivity index (χ4v) is 2.71. The van der Waals surface area contributed by atoms with Crippen molar-refractivity contribution in [1.82, 2.24) is 4.72 Å². The van der Waals surface area contributed by atoms with E-state index < -0.39 is 10.0 Å². The smallest absolute Gasteiger partial charge is 0.240 e. The third-order valence-electron chi connectivity index (χ3n) is 2.84. The maximum Gasteiger partial charge on any atom is 0.240 e. The maximum absolute atomic E-state index is 11.7. The Labute approximate surface area is 128 Å². The van der Waals surface area contributed by atoms with Gasteiger partial charge in [0.05, 0.1) is 10.6 Å². The van der Waals surface area contributed by atoms with Gasteiger partial charge in [-0.25, -0.2) is 13.1 Å². The van der Waals surface area contributed by atoms with Crippen LogP contribution in [0.25, 0.3) is 0 Å². The number of ether oxygens (including phenoxy) is 1. The summed E-state index contributed by atoms with van der Waals surface area (Å²) in [7, 11) is -2.17. The van der Waals surface area contributed by atoms with Crippen LogP contribution >= 0.6 is 11.6 Å². The van der Waals surface area contributed by atoms with Gasteiger partial charge in [-0.05, 0) is 42.9 Å². The Morgan fingerprint density at radius 3 is 2.62 bits per heavy atom. The summed E-state index contributed by atoms with van der Waals surface area (Å²) in [4.78, 5) is 0.0950. The predicted molar refractivity (Wildman–Crippen MR) is 82.9 cm³/mol. The minimum atomic E-state index is -3.51.